The number of ether oxygens (including phenoxy) is 1. The van der Waals surface area contributed by atoms with E-state index in [-0.39, 0.29) is 6.01 Å². The third kappa shape index (κ3) is 1.62. The molecule has 0 aliphatic heterocycles. The van der Waals surface area contributed by atoms with Crippen LogP contribution in [0.3, 0.4) is 0 Å². The van der Waals surface area contributed by atoms with Crippen LogP contribution in [0.2, 0.25) is 0 Å². The van der Waals surface area contributed by atoms with E-state index in [2.05, 4.69) is 19.8 Å². The van der Waals surface area contributed by atoms with Crippen LogP contribution in [0.15, 0.2) is 4.79 Å². The molecule has 1 aliphatic carbocycles. The lowest BCUT2D eigenvalue weighted by Crippen LogP contribution is -2.23. The molecule has 18 heavy (non-hydrogen) atoms. The monoisotopic (exact) mass is 250 g/mol. The fourth-order valence-electron chi connectivity index (χ4n) is 2.21. The molecule has 94 valence electrons. The second-order valence-corrected chi connectivity index (χ2v) is 4.08. The number of carbonyl (C=O) groups is 1. The maximum atomic E-state index is 11.7. The standard InChI is InChI=1S/C10H10N4O4/c15-9-11-6-4-2-1-3-5(6)7-12-8(13-14(7)9)18-10(16)17/h1-4H2,(H,12,13)(H,16,17). The molecule has 0 unspecified atom stereocenters. The van der Waals surface area contributed by atoms with Crippen molar-refractivity contribution < 1.29 is 14.6 Å². The van der Waals surface area contributed by atoms with Crippen LogP contribution >= 0.6 is 0 Å². The summed E-state index contributed by atoms with van der Waals surface area (Å²) in [5, 5.41) is 11.0. The second kappa shape index (κ2) is 3.83. The van der Waals surface area contributed by atoms with Crippen LogP contribution in [0, 0.1) is 0 Å². The van der Waals surface area contributed by atoms with Gasteiger partial charge in [0.2, 0.25) is 0 Å². The predicted molar refractivity (Wildman–Crippen MR) is 58.9 cm³/mol. The molecule has 0 radical (unpaired) electrons. The van der Waals surface area contributed by atoms with Gasteiger partial charge in [-0.3, -0.25) is 0 Å². The molecule has 0 fully saturated rings. The summed E-state index contributed by atoms with van der Waals surface area (Å²) >= 11 is 0. The molecule has 0 spiro atoms. The summed E-state index contributed by atoms with van der Waals surface area (Å²) in [4.78, 5) is 30.1. The van der Waals surface area contributed by atoms with E-state index in [0.717, 1.165) is 41.5 Å². The Kier molecular flexibility index (Phi) is 2.29. The predicted octanol–water partition coefficient (Wildman–Crippen LogP) is 0.353. The van der Waals surface area contributed by atoms with Crippen molar-refractivity contribution in [1.82, 2.24) is 19.6 Å². The van der Waals surface area contributed by atoms with Gasteiger partial charge in [-0.05, 0) is 25.7 Å². The Hall–Kier alpha value is -2.38. The van der Waals surface area contributed by atoms with Crippen molar-refractivity contribution in [3.05, 3.63) is 21.7 Å². The van der Waals surface area contributed by atoms with E-state index >= 15 is 0 Å². The van der Waals surface area contributed by atoms with E-state index in [1.165, 1.54) is 0 Å². The number of carboxylic acid groups (broad SMARTS) is 1. The van der Waals surface area contributed by atoms with Crippen molar-refractivity contribution in [1.29, 1.82) is 0 Å². The van der Waals surface area contributed by atoms with E-state index in [4.69, 9.17) is 5.11 Å². The number of rotatable bonds is 1. The molecule has 8 nitrogen and oxygen atoms in total. The van der Waals surface area contributed by atoms with E-state index in [9.17, 15) is 9.59 Å². The van der Waals surface area contributed by atoms with Gasteiger partial charge in [-0.2, -0.15) is 14.5 Å². The molecule has 0 amide bonds. The molecule has 0 bridgehead atoms. The van der Waals surface area contributed by atoms with Crippen LogP contribution in [0.5, 0.6) is 6.01 Å². The largest absolute Gasteiger partial charge is 0.513 e. The highest BCUT2D eigenvalue weighted by molar-refractivity contribution is 5.60. The number of fused-ring (bicyclic) bond motifs is 3. The minimum atomic E-state index is -1.48. The highest BCUT2D eigenvalue weighted by Gasteiger charge is 2.19. The first-order chi connectivity index (χ1) is 8.65. The number of aromatic amines is 1. The Morgan fingerprint density at radius 1 is 1.33 bits per heavy atom. The van der Waals surface area contributed by atoms with Crippen LogP contribution < -0.4 is 10.4 Å². The quantitative estimate of drug-likeness (QED) is 0.707. The van der Waals surface area contributed by atoms with E-state index in [0.29, 0.717) is 5.65 Å². The summed E-state index contributed by atoms with van der Waals surface area (Å²) in [6, 6.07) is -0.222. The average Bonchev–Trinajstić information content (AvgIpc) is 2.73. The normalized spacial score (nSPS) is 14.4. The first-order valence-electron chi connectivity index (χ1n) is 5.56. The summed E-state index contributed by atoms with van der Waals surface area (Å²) in [6.07, 6.45) is 2.05. The lowest BCUT2D eigenvalue weighted by atomic mass is 9.97. The molecule has 0 saturated heterocycles. The SMILES string of the molecule is O=C(O)Oc1nc2c3c(nc(=O)n2[nH]1)CCCC3. The minimum Gasteiger partial charge on any atom is -0.449 e. The summed E-state index contributed by atoms with van der Waals surface area (Å²) < 4.78 is 5.52. The lowest BCUT2D eigenvalue weighted by Gasteiger charge is -2.13. The van der Waals surface area contributed by atoms with Crippen molar-refractivity contribution in [2.24, 2.45) is 0 Å². The van der Waals surface area contributed by atoms with Crippen LogP contribution in [0.4, 0.5) is 4.79 Å². The van der Waals surface area contributed by atoms with Gasteiger partial charge in [-0.1, -0.05) is 0 Å². The summed E-state index contributed by atoms with van der Waals surface area (Å²) in [7, 11) is 0. The van der Waals surface area contributed by atoms with E-state index in [1.54, 1.807) is 0 Å². The van der Waals surface area contributed by atoms with Crippen molar-refractivity contribution in [2.45, 2.75) is 25.7 Å². The van der Waals surface area contributed by atoms with Gasteiger partial charge in [0.05, 0.1) is 5.69 Å². The van der Waals surface area contributed by atoms with Gasteiger partial charge >= 0.3 is 17.9 Å². The molecular formula is C10H10N4O4. The van der Waals surface area contributed by atoms with Crippen molar-refractivity contribution >= 4 is 11.8 Å². The zero-order valence-electron chi connectivity index (χ0n) is 9.34. The maximum Gasteiger partial charge on any atom is 0.513 e. The first kappa shape index (κ1) is 10.8. The molecule has 0 aromatic carbocycles. The number of nitrogens with zero attached hydrogens (tertiary/aromatic N) is 3. The first-order valence-corrected chi connectivity index (χ1v) is 5.56. The van der Waals surface area contributed by atoms with Gasteiger partial charge in [0.1, 0.15) is 0 Å². The van der Waals surface area contributed by atoms with Gasteiger partial charge < -0.3 is 9.84 Å². The molecule has 2 aromatic heterocycles. The summed E-state index contributed by atoms with van der Waals surface area (Å²) in [5.41, 5.74) is 1.54. The highest BCUT2D eigenvalue weighted by atomic mass is 16.7. The minimum absolute atomic E-state index is 0.222. The number of nitrogens with one attached hydrogen (secondary N) is 1. The average molecular weight is 250 g/mol. The van der Waals surface area contributed by atoms with Crippen molar-refractivity contribution in [2.75, 3.05) is 0 Å². The molecule has 2 aromatic rings. The third-order valence-electron chi connectivity index (χ3n) is 2.94. The molecule has 2 N–H and O–H groups in total. The second-order valence-electron chi connectivity index (χ2n) is 4.08. The fraction of sp³-hybridized carbons (Fsp3) is 0.400. The molecular weight excluding hydrogens is 240 g/mol. The molecule has 3 rings (SSSR count). The Morgan fingerprint density at radius 3 is 2.89 bits per heavy atom. The van der Waals surface area contributed by atoms with Crippen LogP contribution in [-0.2, 0) is 12.8 Å². The summed E-state index contributed by atoms with van der Waals surface area (Å²) in [5.74, 6) is 0. The Morgan fingerprint density at radius 2 is 2.11 bits per heavy atom. The van der Waals surface area contributed by atoms with Gasteiger partial charge in [0.15, 0.2) is 5.65 Å². The number of hydrogen-bond donors (Lipinski definition) is 2. The Bertz CT molecular complexity index is 687. The molecule has 8 heteroatoms. The number of H-pyrrole nitrogens is 1. The van der Waals surface area contributed by atoms with E-state index < -0.39 is 11.8 Å². The molecule has 0 atom stereocenters. The van der Waals surface area contributed by atoms with Crippen molar-refractivity contribution in [3.63, 3.8) is 0 Å². The Labute approximate surface area is 100 Å². The van der Waals surface area contributed by atoms with Gasteiger partial charge in [-0.25, -0.2) is 14.7 Å². The fourth-order valence-corrected chi connectivity index (χ4v) is 2.21. The molecule has 2 heterocycles. The van der Waals surface area contributed by atoms with Crippen molar-refractivity contribution in [3.8, 4) is 6.01 Å². The third-order valence-corrected chi connectivity index (χ3v) is 2.94. The number of aromatic nitrogens is 4. The zero-order valence-corrected chi connectivity index (χ0v) is 9.34. The van der Waals surface area contributed by atoms with Gasteiger partial charge in [0.25, 0.3) is 0 Å². The highest BCUT2D eigenvalue weighted by Crippen LogP contribution is 2.22. The lowest BCUT2D eigenvalue weighted by molar-refractivity contribution is 0.140. The number of aryl methyl sites for hydroxylation is 2. The van der Waals surface area contributed by atoms with Gasteiger partial charge in [-0.15, -0.1) is 0 Å². The zero-order chi connectivity index (χ0) is 12.7. The van der Waals surface area contributed by atoms with Gasteiger partial charge in [0, 0.05) is 5.56 Å². The maximum absolute atomic E-state index is 11.7. The Balaban J connectivity index is 2.22. The summed E-state index contributed by atoms with van der Waals surface area (Å²) in [6.45, 7) is 0. The number of hydrogen-bond acceptors (Lipinski definition) is 5. The van der Waals surface area contributed by atoms with Crippen LogP contribution in [0.1, 0.15) is 24.1 Å². The topological polar surface area (TPSA) is 110 Å². The molecule has 1 aliphatic rings. The van der Waals surface area contributed by atoms with Crippen LogP contribution in [-0.4, -0.2) is 30.8 Å². The smallest absolute Gasteiger partial charge is 0.449 e. The van der Waals surface area contributed by atoms with E-state index in [1.807, 2.05) is 0 Å². The van der Waals surface area contributed by atoms with Crippen LogP contribution in [0.25, 0.3) is 5.65 Å². The molecule has 0 saturated carbocycles.